The maximum absolute atomic E-state index is 7.24. The topological polar surface area (TPSA) is 23.0 Å². The molecule has 0 saturated heterocycles. The highest BCUT2D eigenvalue weighted by Gasteiger charge is 2.23. The lowest BCUT2D eigenvalue weighted by Crippen LogP contribution is -1.94. The van der Waals surface area contributed by atoms with Gasteiger partial charge in [0, 0.05) is 32.9 Å². The Kier molecular flexibility index (Phi) is 6.16. The van der Waals surface area contributed by atoms with Crippen molar-refractivity contribution in [2.24, 2.45) is 0 Å². The van der Waals surface area contributed by atoms with E-state index in [1.165, 1.54) is 54.2 Å². The molecule has 0 saturated carbocycles. The molecule has 0 N–H and O–H groups in total. The summed E-state index contributed by atoms with van der Waals surface area (Å²) in [6, 6.07) is 70.6. The molecule has 0 unspecified atom stereocenters. The number of aromatic nitrogens is 2. The van der Waals surface area contributed by atoms with Crippen molar-refractivity contribution >= 4 is 97.9 Å². The predicted octanol–water partition coefficient (Wildman–Crippen LogP) is 14.9. The molecule has 0 aliphatic heterocycles. The number of hydrogen-bond acceptors (Lipinski definition) is 1. The molecule has 0 bridgehead atoms. The molecule has 13 rings (SSSR count). The lowest BCUT2D eigenvalue weighted by Gasteiger charge is -2.13. The molecule has 10 aromatic carbocycles. The molecule has 3 aromatic heterocycles. The molecule has 0 radical (unpaired) electrons. The van der Waals surface area contributed by atoms with Crippen LogP contribution in [0.15, 0.2) is 199 Å². The van der Waals surface area contributed by atoms with Crippen molar-refractivity contribution in [3.63, 3.8) is 0 Å². The van der Waals surface area contributed by atoms with Gasteiger partial charge < -0.3 is 13.6 Å². The molecule has 0 fully saturated rings. The first-order valence-electron chi connectivity index (χ1n) is 19.6. The Balaban J connectivity index is 1.08. The summed E-state index contributed by atoms with van der Waals surface area (Å²) in [6.45, 7) is 0. The van der Waals surface area contributed by atoms with Gasteiger partial charge in [0.15, 0.2) is 0 Å². The molecule has 0 amide bonds. The van der Waals surface area contributed by atoms with Crippen molar-refractivity contribution < 1.29 is 4.42 Å². The summed E-state index contributed by atoms with van der Waals surface area (Å²) in [5.41, 5.74) is 11.1. The molecule has 13 aromatic rings. The third-order valence-electron chi connectivity index (χ3n) is 12.3. The van der Waals surface area contributed by atoms with Crippen molar-refractivity contribution in [1.82, 2.24) is 9.13 Å². The predicted molar refractivity (Wildman–Crippen MR) is 240 cm³/mol. The van der Waals surface area contributed by atoms with Gasteiger partial charge in [-0.3, -0.25) is 0 Å². The van der Waals surface area contributed by atoms with Crippen LogP contribution in [0.25, 0.3) is 120 Å². The van der Waals surface area contributed by atoms with Gasteiger partial charge in [-0.25, -0.2) is 0 Å². The van der Waals surface area contributed by atoms with Gasteiger partial charge in [-0.2, -0.15) is 0 Å². The maximum Gasteiger partial charge on any atom is 0.145 e. The third-order valence-corrected chi connectivity index (χ3v) is 12.3. The Hall–Kier alpha value is -7.62. The number of rotatable bonds is 3. The summed E-state index contributed by atoms with van der Waals surface area (Å²) < 4.78 is 12.0. The SMILES string of the molecule is c1ccc(-c2cccc(-n3c4ccccc4c4c5oc6c(ccc7c6c6ccccc6n7-c6ccc7c8ccccc8c8ccccc8c7c6)c5ccc43)c2)cc1. The van der Waals surface area contributed by atoms with Gasteiger partial charge in [0.2, 0.25) is 0 Å². The average molecular weight is 725 g/mol. The fourth-order valence-electron chi connectivity index (χ4n) is 9.84. The zero-order valence-corrected chi connectivity index (χ0v) is 30.8. The second kappa shape index (κ2) is 11.5. The van der Waals surface area contributed by atoms with Crippen molar-refractivity contribution in [3.8, 4) is 22.5 Å². The second-order valence-electron chi connectivity index (χ2n) is 15.2. The Bertz CT molecular complexity index is 3770. The van der Waals surface area contributed by atoms with Crippen LogP contribution in [0.1, 0.15) is 0 Å². The van der Waals surface area contributed by atoms with Gasteiger partial charge in [-0.05, 0) is 104 Å². The van der Waals surface area contributed by atoms with Crippen molar-refractivity contribution in [2.45, 2.75) is 0 Å². The van der Waals surface area contributed by atoms with E-state index in [0.29, 0.717) is 0 Å². The highest BCUT2D eigenvalue weighted by molar-refractivity contribution is 6.29. The number of para-hydroxylation sites is 2. The molecule has 0 spiro atoms. The molecule has 3 heteroatoms. The second-order valence-corrected chi connectivity index (χ2v) is 15.2. The minimum absolute atomic E-state index is 0.921. The van der Waals surface area contributed by atoms with Crippen LogP contribution >= 0.6 is 0 Å². The van der Waals surface area contributed by atoms with E-state index in [-0.39, 0.29) is 0 Å². The first-order valence-corrected chi connectivity index (χ1v) is 19.6. The van der Waals surface area contributed by atoms with Gasteiger partial charge in [0.05, 0.1) is 32.8 Å². The number of benzene rings is 10. The van der Waals surface area contributed by atoms with Gasteiger partial charge >= 0.3 is 0 Å². The number of furan rings is 1. The first-order chi connectivity index (χ1) is 28.3. The number of nitrogens with zero attached hydrogens (tertiary/aromatic N) is 2. The molecule has 0 aliphatic carbocycles. The standard InChI is InChI=1S/C54H32N2O/c1-2-13-33(14-3-1)34-15-12-16-35(31-34)55-47-23-10-8-21-44(47)51-49(55)29-27-42-43-28-30-50-52(54(43)57-53(42)51)45-22-9-11-24-48(45)56(50)36-25-26-41-39-19-5-4-17-37(39)38-18-6-7-20-40(38)46(41)32-36/h1-32H. The summed E-state index contributed by atoms with van der Waals surface area (Å²) in [6.07, 6.45) is 0. The Morgan fingerprint density at radius 2 is 0.702 bits per heavy atom. The van der Waals surface area contributed by atoms with Gasteiger partial charge in [0.25, 0.3) is 0 Å². The minimum atomic E-state index is 0.921. The Morgan fingerprint density at radius 1 is 0.263 bits per heavy atom. The van der Waals surface area contributed by atoms with Crippen LogP contribution in [-0.4, -0.2) is 9.13 Å². The third kappa shape index (κ3) is 4.20. The minimum Gasteiger partial charge on any atom is -0.455 e. The summed E-state index contributed by atoms with van der Waals surface area (Å²) >= 11 is 0. The molecule has 57 heavy (non-hydrogen) atoms. The zero-order chi connectivity index (χ0) is 37.2. The van der Waals surface area contributed by atoms with E-state index in [4.69, 9.17) is 4.42 Å². The zero-order valence-electron chi connectivity index (χ0n) is 30.8. The summed E-state index contributed by atoms with van der Waals surface area (Å²) in [4.78, 5) is 0. The summed E-state index contributed by atoms with van der Waals surface area (Å²) in [5.74, 6) is 0. The number of hydrogen-bond donors (Lipinski definition) is 0. The summed E-state index contributed by atoms with van der Waals surface area (Å²) in [5, 5.41) is 14.5. The van der Waals surface area contributed by atoms with Gasteiger partial charge in [-0.1, -0.05) is 133 Å². The van der Waals surface area contributed by atoms with Gasteiger partial charge in [-0.15, -0.1) is 0 Å². The van der Waals surface area contributed by atoms with Crippen molar-refractivity contribution in [1.29, 1.82) is 0 Å². The molecular weight excluding hydrogens is 693 g/mol. The maximum atomic E-state index is 7.24. The average Bonchev–Trinajstić information content (AvgIpc) is 3.94. The van der Waals surface area contributed by atoms with Crippen LogP contribution < -0.4 is 0 Å². The van der Waals surface area contributed by atoms with Crippen LogP contribution in [0.2, 0.25) is 0 Å². The van der Waals surface area contributed by atoms with E-state index in [9.17, 15) is 0 Å². The Morgan fingerprint density at radius 3 is 1.28 bits per heavy atom. The molecule has 264 valence electrons. The fourth-order valence-corrected chi connectivity index (χ4v) is 9.84. The van der Waals surface area contributed by atoms with E-state index in [1.807, 2.05) is 0 Å². The van der Waals surface area contributed by atoms with E-state index < -0.39 is 0 Å². The van der Waals surface area contributed by atoms with E-state index in [2.05, 4.69) is 203 Å². The quantitative estimate of drug-likeness (QED) is 0.166. The van der Waals surface area contributed by atoms with Crippen LogP contribution in [-0.2, 0) is 0 Å². The Labute approximate surface area is 326 Å². The number of fused-ring (bicyclic) bond motifs is 17. The van der Waals surface area contributed by atoms with Crippen LogP contribution in [0.5, 0.6) is 0 Å². The van der Waals surface area contributed by atoms with Crippen molar-refractivity contribution in [2.75, 3.05) is 0 Å². The van der Waals surface area contributed by atoms with E-state index >= 15 is 0 Å². The smallest absolute Gasteiger partial charge is 0.145 e. The lowest BCUT2D eigenvalue weighted by molar-refractivity contribution is 0.677. The summed E-state index contributed by atoms with van der Waals surface area (Å²) in [7, 11) is 0. The van der Waals surface area contributed by atoms with Gasteiger partial charge in [0.1, 0.15) is 11.2 Å². The van der Waals surface area contributed by atoms with Crippen LogP contribution in [0.4, 0.5) is 0 Å². The monoisotopic (exact) mass is 724 g/mol. The molecule has 0 aliphatic rings. The molecule has 3 heterocycles. The molecule has 3 nitrogen and oxygen atoms in total. The highest BCUT2D eigenvalue weighted by atomic mass is 16.3. The normalized spacial score (nSPS) is 12.2. The highest BCUT2D eigenvalue weighted by Crippen LogP contribution is 2.45. The van der Waals surface area contributed by atoms with Crippen LogP contribution in [0, 0.1) is 0 Å². The van der Waals surface area contributed by atoms with Crippen molar-refractivity contribution in [3.05, 3.63) is 194 Å². The van der Waals surface area contributed by atoms with E-state index in [0.717, 1.165) is 66.2 Å². The first kappa shape index (κ1) is 30.7. The molecule has 0 atom stereocenters. The fraction of sp³-hybridized carbons (Fsp3) is 0. The largest absolute Gasteiger partial charge is 0.455 e. The molecular formula is C54H32N2O. The lowest BCUT2D eigenvalue weighted by atomic mass is 9.94. The van der Waals surface area contributed by atoms with Crippen LogP contribution in [0.3, 0.4) is 0 Å². The van der Waals surface area contributed by atoms with E-state index in [1.54, 1.807) is 0 Å².